The summed E-state index contributed by atoms with van der Waals surface area (Å²) in [6, 6.07) is 2.82. The summed E-state index contributed by atoms with van der Waals surface area (Å²) in [5.74, 6) is 1.65. The number of nitrogen functional groups attached to an aromatic ring is 1. The van der Waals surface area contributed by atoms with E-state index in [0.717, 1.165) is 104 Å². The molecule has 0 aliphatic carbocycles. The number of nitrogens with one attached hydrogen (secondary N) is 1. The second-order valence-electron chi connectivity index (χ2n) is 11.9. The van der Waals surface area contributed by atoms with Gasteiger partial charge in [0.05, 0.1) is 22.8 Å². The molecule has 4 aliphatic rings. The number of hydrogen-bond acceptors (Lipinski definition) is 11. The van der Waals surface area contributed by atoms with Gasteiger partial charge in [0, 0.05) is 85.1 Å². The minimum absolute atomic E-state index is 0.000446. The highest BCUT2D eigenvalue weighted by atomic mass is 35.5. The molecule has 3 atom stereocenters. The molecule has 3 fully saturated rings. The van der Waals surface area contributed by atoms with Gasteiger partial charge in [-0.3, -0.25) is 9.47 Å². The number of anilines is 2. The van der Waals surface area contributed by atoms with Gasteiger partial charge in [-0.2, -0.15) is 4.98 Å². The highest BCUT2D eigenvalue weighted by Gasteiger charge is 2.36. The van der Waals surface area contributed by atoms with E-state index in [9.17, 15) is 4.79 Å². The number of nitrogens with two attached hydrogens (primary N) is 1. The smallest absolute Gasteiger partial charge is 0.350 e. The second-order valence-corrected chi connectivity index (χ2v) is 13.3. The van der Waals surface area contributed by atoms with Crippen LogP contribution in [0.2, 0.25) is 5.02 Å². The molecular weight excluding hydrogens is 574 g/mol. The minimum Gasteiger partial charge on any atom is -0.460 e. The predicted octanol–water partition coefficient (Wildman–Crippen LogP) is 3.06. The van der Waals surface area contributed by atoms with Crippen molar-refractivity contribution < 1.29 is 4.42 Å². The summed E-state index contributed by atoms with van der Waals surface area (Å²) in [5, 5.41) is 5.19. The first-order valence-electron chi connectivity index (χ1n) is 14.8. The number of benzene rings is 1. The lowest BCUT2D eigenvalue weighted by molar-refractivity contribution is 0.126. The number of thioether (sulfide) groups is 1. The number of nitrogens with zero attached hydrogens (tertiary/aromatic N) is 7. The van der Waals surface area contributed by atoms with Crippen LogP contribution >= 0.6 is 23.4 Å². The van der Waals surface area contributed by atoms with E-state index in [-0.39, 0.29) is 17.7 Å². The van der Waals surface area contributed by atoms with Crippen molar-refractivity contribution in [2.24, 2.45) is 0 Å². The minimum atomic E-state index is -0.195. The van der Waals surface area contributed by atoms with Crippen molar-refractivity contribution in [1.82, 2.24) is 34.6 Å². The lowest BCUT2D eigenvalue weighted by atomic mass is 10.0. The topological polar surface area (TPSA) is 122 Å². The Hall–Kier alpha value is -2.90. The molecule has 3 aromatic heterocycles. The van der Waals surface area contributed by atoms with E-state index in [2.05, 4.69) is 36.9 Å². The maximum absolute atomic E-state index is 14.1. The van der Waals surface area contributed by atoms with E-state index in [1.807, 2.05) is 10.6 Å². The summed E-state index contributed by atoms with van der Waals surface area (Å²) in [7, 11) is 0. The van der Waals surface area contributed by atoms with Gasteiger partial charge in [0.15, 0.2) is 5.58 Å². The van der Waals surface area contributed by atoms with E-state index in [4.69, 9.17) is 26.7 Å². The number of hydrogen-bond donors (Lipinski definition) is 2. The molecule has 7 heterocycles. The fourth-order valence-electron chi connectivity index (χ4n) is 7.26. The Balaban J connectivity index is 1.30. The van der Waals surface area contributed by atoms with Crippen molar-refractivity contribution in [3.05, 3.63) is 34.0 Å². The van der Waals surface area contributed by atoms with E-state index in [1.165, 1.54) is 0 Å². The van der Waals surface area contributed by atoms with Gasteiger partial charge in [-0.25, -0.2) is 14.8 Å². The largest absolute Gasteiger partial charge is 0.460 e. The number of piperazine rings is 2. The number of fused-ring (bicyclic) bond motifs is 3. The van der Waals surface area contributed by atoms with Gasteiger partial charge in [-0.05, 0) is 25.5 Å². The molecular formula is C29H34ClN9O2S. The maximum Gasteiger partial charge on any atom is 0.350 e. The molecule has 0 saturated carbocycles. The molecule has 220 valence electrons. The number of aromatic nitrogens is 4. The first kappa shape index (κ1) is 26.7. The van der Waals surface area contributed by atoms with Crippen LogP contribution in [0.1, 0.15) is 25.8 Å². The predicted molar refractivity (Wildman–Crippen MR) is 167 cm³/mol. The van der Waals surface area contributed by atoms with Crippen molar-refractivity contribution in [1.29, 1.82) is 0 Å². The molecule has 3 saturated heterocycles. The summed E-state index contributed by atoms with van der Waals surface area (Å²) >= 11 is 8.90. The summed E-state index contributed by atoms with van der Waals surface area (Å²) < 4.78 is 7.77. The monoisotopic (exact) mass is 607 g/mol. The Morgan fingerprint density at radius 1 is 1.14 bits per heavy atom. The Labute approximate surface area is 252 Å². The van der Waals surface area contributed by atoms with Crippen molar-refractivity contribution >= 4 is 57.1 Å². The quantitative estimate of drug-likeness (QED) is 0.348. The van der Waals surface area contributed by atoms with Gasteiger partial charge in [-0.1, -0.05) is 18.5 Å². The molecule has 11 nitrogen and oxygen atoms in total. The third kappa shape index (κ3) is 4.38. The third-order valence-corrected chi connectivity index (χ3v) is 10.9. The van der Waals surface area contributed by atoms with E-state index in [1.54, 1.807) is 24.2 Å². The number of likely N-dealkylation sites (N-methyl/N-ethyl adjacent to an activating group) is 1. The van der Waals surface area contributed by atoms with Crippen LogP contribution < -0.4 is 21.6 Å². The maximum atomic E-state index is 14.1. The fourth-order valence-corrected chi connectivity index (χ4v) is 8.95. The van der Waals surface area contributed by atoms with Crippen LogP contribution in [0.5, 0.6) is 0 Å². The van der Waals surface area contributed by atoms with E-state index in [0.29, 0.717) is 28.2 Å². The fraction of sp³-hybridized carbons (Fsp3) is 0.517. The van der Waals surface area contributed by atoms with Crippen molar-refractivity contribution in [2.45, 2.75) is 42.8 Å². The Bertz CT molecular complexity index is 1740. The van der Waals surface area contributed by atoms with E-state index < -0.39 is 0 Å². The summed E-state index contributed by atoms with van der Waals surface area (Å²) in [6.45, 7) is 9.87. The zero-order valence-electron chi connectivity index (χ0n) is 23.6. The molecule has 42 heavy (non-hydrogen) atoms. The zero-order valence-corrected chi connectivity index (χ0v) is 25.1. The van der Waals surface area contributed by atoms with Gasteiger partial charge in [0.2, 0.25) is 5.95 Å². The zero-order chi connectivity index (χ0) is 28.5. The summed E-state index contributed by atoms with van der Waals surface area (Å²) in [4.78, 5) is 35.6. The molecule has 4 aliphatic heterocycles. The Morgan fingerprint density at radius 2 is 1.90 bits per heavy atom. The number of halogens is 1. The van der Waals surface area contributed by atoms with Crippen LogP contribution in [0.15, 0.2) is 32.6 Å². The molecule has 3 N–H and O–H groups in total. The summed E-state index contributed by atoms with van der Waals surface area (Å²) in [6.07, 6.45) is 5.54. The second kappa shape index (κ2) is 10.4. The average molecular weight is 608 g/mol. The van der Waals surface area contributed by atoms with Gasteiger partial charge >= 0.3 is 5.69 Å². The van der Waals surface area contributed by atoms with Crippen molar-refractivity contribution in [3.8, 4) is 11.1 Å². The van der Waals surface area contributed by atoms with Crippen LogP contribution in [-0.4, -0.2) is 99.5 Å². The number of rotatable bonds is 5. The lowest BCUT2D eigenvalue weighted by Crippen LogP contribution is -2.52. The van der Waals surface area contributed by atoms with Crippen LogP contribution in [0.3, 0.4) is 0 Å². The Kier molecular flexibility index (Phi) is 6.60. The molecule has 0 amide bonds. The van der Waals surface area contributed by atoms with Crippen LogP contribution in [0.4, 0.5) is 11.8 Å². The van der Waals surface area contributed by atoms with Crippen LogP contribution in [0.25, 0.3) is 33.1 Å². The van der Waals surface area contributed by atoms with Crippen LogP contribution in [-0.2, 0) is 0 Å². The molecule has 0 spiro atoms. The van der Waals surface area contributed by atoms with Gasteiger partial charge < -0.3 is 25.3 Å². The average Bonchev–Trinajstić information content (AvgIpc) is 3.56. The molecule has 13 heteroatoms. The SMILES string of the molecule is CCN1CCN(C[C@H]2CSc3c(-c4coc5cnc(N)nc45)c(Cl)cc4c(N5CC6CCC(C5)N6)nc(=O)n2c34)CC1. The lowest BCUT2D eigenvalue weighted by Gasteiger charge is -2.38. The summed E-state index contributed by atoms with van der Waals surface area (Å²) in [5.41, 5.74) is 9.38. The molecule has 2 unspecified atom stereocenters. The number of furan rings is 1. The highest BCUT2D eigenvalue weighted by Crippen LogP contribution is 2.49. The van der Waals surface area contributed by atoms with Gasteiger partial charge in [0.1, 0.15) is 17.6 Å². The highest BCUT2D eigenvalue weighted by molar-refractivity contribution is 7.99. The molecule has 4 aromatic rings. The third-order valence-electron chi connectivity index (χ3n) is 9.38. The Morgan fingerprint density at radius 3 is 2.67 bits per heavy atom. The van der Waals surface area contributed by atoms with Crippen LogP contribution in [0, 0.1) is 0 Å². The van der Waals surface area contributed by atoms with E-state index >= 15 is 0 Å². The van der Waals surface area contributed by atoms with Crippen molar-refractivity contribution in [3.63, 3.8) is 0 Å². The van der Waals surface area contributed by atoms with Gasteiger partial charge in [-0.15, -0.1) is 11.8 Å². The van der Waals surface area contributed by atoms with Gasteiger partial charge in [0.25, 0.3) is 0 Å². The standard InChI is InChI=1S/C29H34ClN9O2S/c1-2-36-5-7-37(8-6-36)13-18-15-42-26-23(20-14-41-22-10-32-28(31)34-24(20)22)21(30)9-19-25(26)39(18)29(40)35-27(19)38-11-16-3-4-17(12-38)33-16/h9-10,14,16-18,33H,2-8,11-13,15H2,1H3,(H2,31,32,34)/t16?,17?,18-/m0/s1. The normalized spacial score (nSPS) is 24.7. The first-order chi connectivity index (χ1) is 20.5. The molecule has 2 bridgehead atoms. The molecule has 1 aromatic carbocycles. The first-order valence-corrected chi connectivity index (χ1v) is 16.2. The molecule has 0 radical (unpaired) electrons. The van der Waals surface area contributed by atoms with Crippen molar-refractivity contribution in [2.75, 3.05) is 68.7 Å². The molecule has 8 rings (SSSR count).